The van der Waals surface area contributed by atoms with Crippen LogP contribution in [0.25, 0.3) is 0 Å². The number of carboxylic acid groups (broad SMARTS) is 1. The van der Waals surface area contributed by atoms with Gasteiger partial charge in [0.1, 0.15) is 5.56 Å². The summed E-state index contributed by atoms with van der Waals surface area (Å²) in [4.78, 5) is 21.4. The largest absolute Gasteiger partial charge is 0.477 e. The molecule has 1 heterocycles. The van der Waals surface area contributed by atoms with Crippen LogP contribution in [-0.4, -0.2) is 26.2 Å². The van der Waals surface area contributed by atoms with Crippen LogP contribution in [0.5, 0.6) is 11.6 Å². The molecule has 102 valence electrons. The number of rotatable bonds is 4. The maximum atomic E-state index is 11.0. The third-order valence-corrected chi connectivity index (χ3v) is 2.51. The van der Waals surface area contributed by atoms with Gasteiger partial charge in [-0.1, -0.05) is 12.1 Å². The predicted octanol–water partition coefficient (Wildman–Crippen LogP) is 2.18. The lowest BCUT2D eigenvalue weighted by atomic mass is 10.2. The summed E-state index contributed by atoms with van der Waals surface area (Å²) in [5.74, 6) is -1.64. The smallest absolute Gasteiger partial charge is 0.341 e. The van der Waals surface area contributed by atoms with Gasteiger partial charge in [-0.05, 0) is 19.1 Å². The number of hydrogen-bond acceptors (Lipinski definition) is 6. The lowest BCUT2D eigenvalue weighted by Gasteiger charge is -2.07. The van der Waals surface area contributed by atoms with Gasteiger partial charge >= 0.3 is 11.7 Å². The molecule has 2 rings (SSSR count). The second kappa shape index (κ2) is 5.31. The van der Waals surface area contributed by atoms with E-state index in [9.17, 15) is 14.9 Å². The van der Waals surface area contributed by atoms with Crippen LogP contribution in [0.3, 0.4) is 0 Å². The normalized spacial score (nSPS) is 10.1. The molecule has 0 bridgehead atoms. The average Bonchev–Trinajstić information content (AvgIpc) is 2.38. The number of aromatic nitrogens is 2. The maximum absolute atomic E-state index is 11.0. The molecule has 0 spiro atoms. The number of nitrogens with zero attached hydrogens (tertiary/aromatic N) is 3. The van der Waals surface area contributed by atoms with Gasteiger partial charge in [-0.3, -0.25) is 10.1 Å². The number of carbonyl (C=O) groups is 1. The number of benzene rings is 1. The summed E-state index contributed by atoms with van der Waals surface area (Å²) in [6.45, 7) is 1.56. The highest BCUT2D eigenvalue weighted by atomic mass is 16.6. The first-order chi connectivity index (χ1) is 9.50. The van der Waals surface area contributed by atoms with Crippen LogP contribution in [0.15, 0.2) is 30.5 Å². The molecule has 0 amide bonds. The van der Waals surface area contributed by atoms with Gasteiger partial charge in [-0.25, -0.2) is 4.79 Å². The molecule has 20 heavy (non-hydrogen) atoms. The molecular formula is C12H9N3O5. The van der Waals surface area contributed by atoms with E-state index in [2.05, 4.69) is 10.2 Å². The first-order valence-electron chi connectivity index (χ1n) is 5.47. The van der Waals surface area contributed by atoms with E-state index in [1.165, 1.54) is 18.3 Å². The molecule has 0 radical (unpaired) electrons. The van der Waals surface area contributed by atoms with Crippen LogP contribution in [0.4, 0.5) is 5.69 Å². The molecule has 0 unspecified atom stereocenters. The zero-order valence-electron chi connectivity index (χ0n) is 10.3. The fraction of sp³-hybridized carbons (Fsp3) is 0.0833. The van der Waals surface area contributed by atoms with Crippen LogP contribution in [-0.2, 0) is 0 Å². The highest BCUT2D eigenvalue weighted by molar-refractivity contribution is 5.90. The molecular weight excluding hydrogens is 266 g/mol. The van der Waals surface area contributed by atoms with Crippen LogP contribution in [0.2, 0.25) is 0 Å². The summed E-state index contributed by atoms with van der Waals surface area (Å²) in [5, 5.41) is 27.1. The summed E-state index contributed by atoms with van der Waals surface area (Å²) < 4.78 is 5.25. The molecule has 0 fully saturated rings. The number of para-hydroxylation sites is 1. The quantitative estimate of drug-likeness (QED) is 0.671. The SMILES string of the molecule is Cc1cccc(Oc2nnccc2C(=O)O)c1[N+](=O)[O-]. The summed E-state index contributed by atoms with van der Waals surface area (Å²) in [6.07, 6.45) is 1.20. The van der Waals surface area contributed by atoms with E-state index in [0.29, 0.717) is 5.56 Å². The maximum Gasteiger partial charge on any atom is 0.341 e. The van der Waals surface area contributed by atoms with Crippen molar-refractivity contribution in [3.05, 3.63) is 51.7 Å². The number of carboxylic acids is 1. The molecule has 2 aromatic rings. The van der Waals surface area contributed by atoms with Crippen molar-refractivity contribution in [2.75, 3.05) is 0 Å². The van der Waals surface area contributed by atoms with Crippen molar-refractivity contribution in [3.63, 3.8) is 0 Å². The van der Waals surface area contributed by atoms with E-state index in [1.807, 2.05) is 0 Å². The summed E-state index contributed by atoms with van der Waals surface area (Å²) in [6, 6.07) is 5.69. The van der Waals surface area contributed by atoms with Gasteiger partial charge in [0.2, 0.25) is 5.75 Å². The van der Waals surface area contributed by atoms with Gasteiger partial charge in [0.05, 0.1) is 11.1 Å². The second-order valence-corrected chi connectivity index (χ2v) is 3.84. The molecule has 8 heteroatoms. The van der Waals surface area contributed by atoms with Crippen molar-refractivity contribution < 1.29 is 19.6 Å². The average molecular weight is 275 g/mol. The number of nitro benzene ring substituents is 1. The first kappa shape index (κ1) is 13.4. The Hall–Kier alpha value is -3.03. The Kier molecular flexibility index (Phi) is 3.56. The Morgan fingerprint density at radius 3 is 2.80 bits per heavy atom. The molecule has 0 aliphatic carbocycles. The van der Waals surface area contributed by atoms with Gasteiger partial charge in [-0.2, -0.15) is 5.10 Å². The zero-order chi connectivity index (χ0) is 14.7. The topological polar surface area (TPSA) is 115 Å². The molecule has 1 N–H and O–H groups in total. The molecule has 0 saturated carbocycles. The minimum absolute atomic E-state index is 0.0852. The highest BCUT2D eigenvalue weighted by Crippen LogP contribution is 2.33. The van der Waals surface area contributed by atoms with Crippen molar-refractivity contribution in [3.8, 4) is 11.6 Å². The molecule has 1 aromatic heterocycles. The molecule has 0 saturated heterocycles. The van der Waals surface area contributed by atoms with Gasteiger partial charge < -0.3 is 9.84 Å². The zero-order valence-corrected chi connectivity index (χ0v) is 10.3. The van der Waals surface area contributed by atoms with Gasteiger partial charge in [0.15, 0.2) is 0 Å². The van der Waals surface area contributed by atoms with Gasteiger partial charge in [0.25, 0.3) is 5.88 Å². The van der Waals surface area contributed by atoms with Crippen LogP contribution in [0.1, 0.15) is 15.9 Å². The van der Waals surface area contributed by atoms with E-state index >= 15 is 0 Å². The molecule has 1 aromatic carbocycles. The fourth-order valence-electron chi connectivity index (χ4n) is 1.61. The Labute approximate surface area is 112 Å². The van der Waals surface area contributed by atoms with Crippen LogP contribution in [0, 0.1) is 17.0 Å². The Bertz CT molecular complexity index is 687. The number of aryl methyl sites for hydroxylation is 1. The Morgan fingerprint density at radius 2 is 2.15 bits per heavy atom. The number of hydrogen-bond donors (Lipinski definition) is 1. The van der Waals surface area contributed by atoms with Crippen molar-refractivity contribution >= 4 is 11.7 Å². The number of ether oxygens (including phenoxy) is 1. The van der Waals surface area contributed by atoms with Crippen molar-refractivity contribution in [1.29, 1.82) is 0 Å². The molecule has 8 nitrogen and oxygen atoms in total. The summed E-state index contributed by atoms with van der Waals surface area (Å²) in [7, 11) is 0. The van der Waals surface area contributed by atoms with E-state index in [0.717, 1.165) is 0 Å². The summed E-state index contributed by atoms with van der Waals surface area (Å²) in [5.41, 5.74) is -0.0708. The molecule has 0 aliphatic rings. The Balaban J connectivity index is 2.49. The minimum Gasteiger partial charge on any atom is -0.477 e. The van der Waals surface area contributed by atoms with Crippen LogP contribution < -0.4 is 4.74 Å². The second-order valence-electron chi connectivity index (χ2n) is 3.84. The van der Waals surface area contributed by atoms with Crippen LogP contribution >= 0.6 is 0 Å². The van der Waals surface area contributed by atoms with E-state index in [4.69, 9.17) is 9.84 Å². The van der Waals surface area contributed by atoms with E-state index < -0.39 is 10.9 Å². The number of nitro groups is 1. The number of aromatic carboxylic acids is 1. The van der Waals surface area contributed by atoms with E-state index in [-0.39, 0.29) is 22.9 Å². The first-order valence-corrected chi connectivity index (χ1v) is 5.47. The van der Waals surface area contributed by atoms with Crippen molar-refractivity contribution in [2.45, 2.75) is 6.92 Å². The Morgan fingerprint density at radius 1 is 1.40 bits per heavy atom. The van der Waals surface area contributed by atoms with Gasteiger partial charge in [-0.15, -0.1) is 5.10 Å². The molecule has 0 atom stereocenters. The highest BCUT2D eigenvalue weighted by Gasteiger charge is 2.21. The lowest BCUT2D eigenvalue weighted by molar-refractivity contribution is -0.386. The monoisotopic (exact) mass is 275 g/mol. The van der Waals surface area contributed by atoms with Crippen molar-refractivity contribution in [1.82, 2.24) is 10.2 Å². The van der Waals surface area contributed by atoms with Crippen molar-refractivity contribution in [2.24, 2.45) is 0 Å². The fourth-order valence-corrected chi connectivity index (χ4v) is 1.61. The standard InChI is InChI=1S/C12H9N3O5/c1-7-3-2-4-9(10(7)15(18)19)20-11-8(12(16)17)5-6-13-14-11/h2-6H,1H3,(H,16,17). The van der Waals surface area contributed by atoms with Gasteiger partial charge in [0, 0.05) is 5.56 Å². The third kappa shape index (κ3) is 2.53. The van der Waals surface area contributed by atoms with E-state index in [1.54, 1.807) is 19.1 Å². The molecule has 0 aliphatic heterocycles. The third-order valence-electron chi connectivity index (χ3n) is 2.51. The predicted molar refractivity (Wildman–Crippen MR) is 66.9 cm³/mol. The lowest BCUT2D eigenvalue weighted by Crippen LogP contribution is -2.04. The minimum atomic E-state index is -1.26. The summed E-state index contributed by atoms with van der Waals surface area (Å²) >= 11 is 0.